The topological polar surface area (TPSA) is 68.0 Å². The zero-order valence-corrected chi connectivity index (χ0v) is 16.5. The highest BCUT2D eigenvalue weighted by Crippen LogP contribution is 2.42. The highest BCUT2D eigenvalue weighted by Gasteiger charge is 2.27. The minimum Gasteiger partial charge on any atom is -0.375 e. The van der Waals surface area contributed by atoms with Crippen LogP contribution in [0.1, 0.15) is 16.7 Å². The van der Waals surface area contributed by atoms with Crippen LogP contribution in [0.15, 0.2) is 33.2 Å². The van der Waals surface area contributed by atoms with Gasteiger partial charge in [0.1, 0.15) is 0 Å². The first-order chi connectivity index (χ1) is 11.4. The van der Waals surface area contributed by atoms with Gasteiger partial charge in [-0.2, -0.15) is 0 Å². The second kappa shape index (κ2) is 5.68. The summed E-state index contributed by atoms with van der Waals surface area (Å²) in [5, 5.41) is 3.42. The summed E-state index contributed by atoms with van der Waals surface area (Å²) in [5.74, 6) is -0.114. The van der Waals surface area contributed by atoms with Gasteiger partial charge in [-0.05, 0) is 48.4 Å². The molecule has 0 fully saturated rings. The van der Waals surface area contributed by atoms with E-state index >= 15 is 0 Å². The summed E-state index contributed by atoms with van der Waals surface area (Å²) >= 11 is 8.50. The van der Waals surface area contributed by atoms with Crippen molar-refractivity contribution in [3.63, 3.8) is 0 Å². The van der Waals surface area contributed by atoms with Crippen molar-refractivity contribution in [3.8, 4) is 0 Å². The number of nitrogens with one attached hydrogen (secondary N) is 1. The van der Waals surface area contributed by atoms with Gasteiger partial charge in [0, 0.05) is 14.5 Å². The van der Waals surface area contributed by atoms with Crippen molar-refractivity contribution in [1.82, 2.24) is 4.98 Å². The number of fused-ring (bicyclic) bond motifs is 3. The second-order valence-electron chi connectivity index (χ2n) is 5.51. The Morgan fingerprint density at radius 1 is 1.25 bits per heavy atom. The number of hydrogen-bond donors (Lipinski definition) is 2. The molecule has 0 unspecified atom stereocenters. The van der Waals surface area contributed by atoms with Crippen LogP contribution in [0.4, 0.5) is 10.8 Å². The maximum absolute atomic E-state index is 12.5. The highest BCUT2D eigenvalue weighted by molar-refractivity contribution is 9.11. The van der Waals surface area contributed by atoms with E-state index in [0.717, 1.165) is 41.5 Å². The Kier molecular flexibility index (Phi) is 3.74. The number of halogens is 2. The normalized spacial score (nSPS) is 15.1. The van der Waals surface area contributed by atoms with Gasteiger partial charge in [0.25, 0.3) is 5.91 Å². The standard InChI is InChI=1S/C17H11Br2N3OS/c1-7-10(18)5-8(6-11(7)19)4-9-14-12(21-16(9)23)2-3-13-15(14)24-17(20)22-13/h2-6H,1H3,(H2,20,22)(H,21,23)/b9-4-. The molecule has 7 heteroatoms. The van der Waals surface area contributed by atoms with Crippen LogP contribution < -0.4 is 11.1 Å². The van der Waals surface area contributed by atoms with Crippen LogP contribution in [0.2, 0.25) is 0 Å². The summed E-state index contributed by atoms with van der Waals surface area (Å²) in [5.41, 5.74) is 11.0. The van der Waals surface area contributed by atoms with E-state index in [2.05, 4.69) is 42.2 Å². The SMILES string of the molecule is Cc1c(Br)cc(/C=C2\C(=O)Nc3ccc4nc(N)sc4c32)cc1Br. The van der Waals surface area contributed by atoms with Crippen LogP contribution in [0, 0.1) is 6.92 Å². The molecule has 0 atom stereocenters. The van der Waals surface area contributed by atoms with Gasteiger partial charge in [0.2, 0.25) is 0 Å². The molecule has 1 amide bonds. The molecule has 0 saturated heterocycles. The molecule has 120 valence electrons. The number of anilines is 2. The monoisotopic (exact) mass is 463 g/mol. The Labute approximate surface area is 159 Å². The van der Waals surface area contributed by atoms with Crippen molar-refractivity contribution < 1.29 is 4.79 Å². The van der Waals surface area contributed by atoms with Crippen LogP contribution in [-0.2, 0) is 4.79 Å². The fraction of sp³-hybridized carbons (Fsp3) is 0.0588. The van der Waals surface area contributed by atoms with E-state index in [1.54, 1.807) is 0 Å². The smallest absolute Gasteiger partial charge is 0.256 e. The van der Waals surface area contributed by atoms with Gasteiger partial charge in [-0.1, -0.05) is 43.2 Å². The van der Waals surface area contributed by atoms with Gasteiger partial charge in [-0.3, -0.25) is 4.79 Å². The summed E-state index contributed by atoms with van der Waals surface area (Å²) in [6, 6.07) is 7.75. The lowest BCUT2D eigenvalue weighted by molar-refractivity contribution is -0.110. The fourth-order valence-electron chi connectivity index (χ4n) is 2.74. The molecule has 4 nitrogen and oxygen atoms in total. The maximum atomic E-state index is 12.5. The molecule has 0 bridgehead atoms. The van der Waals surface area contributed by atoms with Gasteiger partial charge in [-0.25, -0.2) is 4.98 Å². The molecule has 0 spiro atoms. The largest absolute Gasteiger partial charge is 0.375 e. The number of benzene rings is 2. The molecular weight excluding hydrogens is 454 g/mol. The number of carbonyl (C=O) groups excluding carboxylic acids is 1. The zero-order valence-electron chi connectivity index (χ0n) is 12.5. The molecule has 3 N–H and O–H groups in total. The van der Waals surface area contributed by atoms with E-state index in [9.17, 15) is 4.79 Å². The van der Waals surface area contributed by atoms with Crippen LogP contribution in [0.25, 0.3) is 21.9 Å². The van der Waals surface area contributed by atoms with E-state index in [0.29, 0.717) is 10.7 Å². The quantitative estimate of drug-likeness (QED) is 0.486. The second-order valence-corrected chi connectivity index (χ2v) is 8.25. The van der Waals surface area contributed by atoms with Crippen molar-refractivity contribution in [3.05, 3.63) is 49.9 Å². The van der Waals surface area contributed by atoms with E-state index in [1.807, 2.05) is 37.3 Å². The summed E-state index contributed by atoms with van der Waals surface area (Å²) < 4.78 is 2.91. The molecule has 0 saturated carbocycles. The first-order valence-electron chi connectivity index (χ1n) is 7.12. The molecule has 0 radical (unpaired) electrons. The van der Waals surface area contributed by atoms with Gasteiger partial charge in [0.05, 0.1) is 21.5 Å². The summed E-state index contributed by atoms with van der Waals surface area (Å²) in [7, 11) is 0. The van der Waals surface area contributed by atoms with Crippen molar-refractivity contribution in [1.29, 1.82) is 0 Å². The lowest BCUT2D eigenvalue weighted by atomic mass is 10.0. The van der Waals surface area contributed by atoms with Crippen LogP contribution in [0.3, 0.4) is 0 Å². The Balaban J connectivity index is 1.95. The van der Waals surface area contributed by atoms with Gasteiger partial charge in [0.15, 0.2) is 5.13 Å². The number of carbonyl (C=O) groups is 1. The van der Waals surface area contributed by atoms with Crippen molar-refractivity contribution >= 4 is 81.8 Å². The first kappa shape index (κ1) is 15.8. The van der Waals surface area contributed by atoms with E-state index < -0.39 is 0 Å². The molecule has 1 aliphatic heterocycles. The van der Waals surface area contributed by atoms with E-state index in [1.165, 1.54) is 11.3 Å². The van der Waals surface area contributed by atoms with Gasteiger partial charge >= 0.3 is 0 Å². The third-order valence-corrected chi connectivity index (χ3v) is 6.52. The average molecular weight is 465 g/mol. The average Bonchev–Trinajstić information content (AvgIpc) is 3.04. The molecule has 24 heavy (non-hydrogen) atoms. The van der Waals surface area contributed by atoms with E-state index in [-0.39, 0.29) is 5.91 Å². The van der Waals surface area contributed by atoms with Gasteiger partial charge < -0.3 is 11.1 Å². The third-order valence-electron chi connectivity index (χ3n) is 3.95. The van der Waals surface area contributed by atoms with Crippen LogP contribution in [-0.4, -0.2) is 10.9 Å². The lowest BCUT2D eigenvalue weighted by Crippen LogP contribution is -2.03. The Bertz CT molecular complexity index is 1030. The molecule has 3 aromatic rings. The number of nitrogen functional groups attached to an aromatic ring is 1. The van der Waals surface area contributed by atoms with Crippen molar-refractivity contribution in [2.75, 3.05) is 11.1 Å². The van der Waals surface area contributed by atoms with E-state index in [4.69, 9.17) is 5.73 Å². The molecule has 1 aromatic heterocycles. The number of amides is 1. The number of rotatable bonds is 1. The highest BCUT2D eigenvalue weighted by atomic mass is 79.9. The fourth-order valence-corrected chi connectivity index (χ4v) is 4.85. The van der Waals surface area contributed by atoms with Crippen LogP contribution in [0.5, 0.6) is 0 Å². The van der Waals surface area contributed by atoms with Gasteiger partial charge in [-0.15, -0.1) is 0 Å². The summed E-state index contributed by atoms with van der Waals surface area (Å²) in [6.45, 7) is 2.02. The third kappa shape index (κ3) is 2.47. The predicted octanol–water partition coefficient (Wildman–Crippen LogP) is 5.20. The number of hydrogen-bond acceptors (Lipinski definition) is 4. The molecule has 2 aromatic carbocycles. The minimum atomic E-state index is -0.114. The Morgan fingerprint density at radius 3 is 2.67 bits per heavy atom. The summed E-state index contributed by atoms with van der Waals surface area (Å²) in [4.78, 5) is 16.8. The number of thiazole rings is 1. The molecule has 4 rings (SSSR count). The molecular formula is C17H11Br2N3OS. The maximum Gasteiger partial charge on any atom is 0.256 e. The lowest BCUT2D eigenvalue weighted by Gasteiger charge is -2.05. The summed E-state index contributed by atoms with van der Waals surface area (Å²) in [6.07, 6.45) is 1.89. The van der Waals surface area contributed by atoms with Crippen molar-refractivity contribution in [2.24, 2.45) is 0 Å². The number of nitrogens with zero attached hydrogens (tertiary/aromatic N) is 1. The molecule has 2 heterocycles. The molecule has 1 aliphatic rings. The number of aromatic nitrogens is 1. The Hall–Kier alpha value is -1.70. The zero-order chi connectivity index (χ0) is 17.0. The predicted molar refractivity (Wildman–Crippen MR) is 107 cm³/mol. The minimum absolute atomic E-state index is 0.114. The van der Waals surface area contributed by atoms with Crippen molar-refractivity contribution in [2.45, 2.75) is 6.92 Å². The van der Waals surface area contributed by atoms with Crippen LogP contribution >= 0.6 is 43.2 Å². The molecule has 0 aliphatic carbocycles. The number of nitrogens with two attached hydrogens (primary N) is 1. The Morgan fingerprint density at radius 2 is 1.96 bits per heavy atom. The first-order valence-corrected chi connectivity index (χ1v) is 9.52.